The second-order valence-electron chi connectivity index (χ2n) is 4.47. The molecule has 0 saturated heterocycles. The Balaban J connectivity index is 2.15. The number of carbonyl (C=O) groups excluding carboxylic acids is 1. The summed E-state index contributed by atoms with van der Waals surface area (Å²) in [5, 5.41) is 4.00. The van der Waals surface area contributed by atoms with Crippen LogP contribution >= 0.6 is 11.3 Å². The van der Waals surface area contributed by atoms with Crippen LogP contribution in [0.25, 0.3) is 0 Å². The highest BCUT2D eigenvalue weighted by Crippen LogP contribution is 2.16. The van der Waals surface area contributed by atoms with Gasteiger partial charge in [-0.1, -0.05) is 12.8 Å². The fourth-order valence-corrected chi connectivity index (χ4v) is 2.67. The summed E-state index contributed by atoms with van der Waals surface area (Å²) < 4.78 is 0. The number of rotatable bonds is 8. The van der Waals surface area contributed by atoms with Gasteiger partial charge in [0.15, 0.2) is 0 Å². The van der Waals surface area contributed by atoms with Crippen molar-refractivity contribution in [1.82, 2.24) is 10.3 Å². The molecular formula is C13H23N3OS. The molecule has 4 nitrogen and oxygen atoms in total. The van der Waals surface area contributed by atoms with Crippen molar-refractivity contribution in [3.63, 3.8) is 0 Å². The van der Waals surface area contributed by atoms with E-state index in [1.54, 1.807) is 11.3 Å². The van der Waals surface area contributed by atoms with E-state index in [-0.39, 0.29) is 5.91 Å². The van der Waals surface area contributed by atoms with E-state index in [1.165, 1.54) is 0 Å². The minimum atomic E-state index is 0.133. The highest BCUT2D eigenvalue weighted by atomic mass is 32.1. The normalized spacial score (nSPS) is 10.6. The zero-order valence-electron chi connectivity index (χ0n) is 11.3. The Bertz CT molecular complexity index is 376. The summed E-state index contributed by atoms with van der Waals surface area (Å²) in [6.07, 6.45) is 4.83. The number of aromatic nitrogens is 1. The van der Waals surface area contributed by atoms with Crippen LogP contribution in [-0.2, 0) is 11.3 Å². The molecule has 0 aromatic carbocycles. The number of nitrogens with one attached hydrogen (secondary N) is 1. The molecular weight excluding hydrogens is 246 g/mol. The van der Waals surface area contributed by atoms with Crippen molar-refractivity contribution in [2.75, 3.05) is 6.54 Å². The molecule has 0 atom stereocenters. The summed E-state index contributed by atoms with van der Waals surface area (Å²) in [4.78, 5) is 17.1. The molecule has 1 aromatic rings. The number of aryl methyl sites for hydroxylation is 2. The number of nitrogens with two attached hydrogens (primary N) is 1. The van der Waals surface area contributed by atoms with E-state index in [9.17, 15) is 4.79 Å². The average Bonchev–Trinajstić information content (AvgIpc) is 2.65. The molecule has 0 saturated carbocycles. The molecule has 0 aliphatic rings. The molecule has 1 amide bonds. The number of hydrogen-bond acceptors (Lipinski definition) is 4. The summed E-state index contributed by atoms with van der Waals surface area (Å²) >= 11 is 1.65. The van der Waals surface area contributed by atoms with Crippen LogP contribution in [0.5, 0.6) is 0 Å². The second-order valence-corrected chi connectivity index (χ2v) is 5.76. The Labute approximate surface area is 113 Å². The van der Waals surface area contributed by atoms with Crippen molar-refractivity contribution in [1.29, 1.82) is 0 Å². The summed E-state index contributed by atoms with van der Waals surface area (Å²) in [6.45, 7) is 5.33. The average molecular weight is 269 g/mol. The first-order valence-corrected chi connectivity index (χ1v) is 7.34. The van der Waals surface area contributed by atoms with Gasteiger partial charge >= 0.3 is 0 Å². The van der Waals surface area contributed by atoms with Crippen LogP contribution in [0.2, 0.25) is 0 Å². The van der Waals surface area contributed by atoms with E-state index in [4.69, 9.17) is 5.73 Å². The SMILES string of the molecule is Cc1nc(C)c(CNC(=O)CCCCCCN)s1. The van der Waals surface area contributed by atoms with Gasteiger partial charge in [-0.15, -0.1) is 11.3 Å². The Kier molecular flexibility index (Phi) is 6.90. The molecule has 3 N–H and O–H groups in total. The molecule has 0 bridgehead atoms. The van der Waals surface area contributed by atoms with Crippen molar-refractivity contribution < 1.29 is 4.79 Å². The quantitative estimate of drug-likeness (QED) is 0.711. The minimum Gasteiger partial charge on any atom is -0.351 e. The first-order chi connectivity index (χ1) is 8.63. The molecule has 5 heteroatoms. The number of thiazole rings is 1. The molecule has 0 spiro atoms. The lowest BCUT2D eigenvalue weighted by Gasteiger charge is -2.04. The number of nitrogens with zero attached hydrogens (tertiary/aromatic N) is 1. The smallest absolute Gasteiger partial charge is 0.220 e. The molecule has 0 aliphatic heterocycles. The molecule has 0 fully saturated rings. The zero-order chi connectivity index (χ0) is 13.4. The van der Waals surface area contributed by atoms with Gasteiger partial charge in [0, 0.05) is 11.3 Å². The Hall–Kier alpha value is -0.940. The van der Waals surface area contributed by atoms with E-state index >= 15 is 0 Å². The molecule has 0 aliphatic carbocycles. The number of amides is 1. The lowest BCUT2D eigenvalue weighted by atomic mass is 10.1. The molecule has 1 heterocycles. The van der Waals surface area contributed by atoms with Crippen LogP contribution in [0.15, 0.2) is 0 Å². The van der Waals surface area contributed by atoms with Crippen molar-refractivity contribution >= 4 is 17.2 Å². The Morgan fingerprint density at radius 3 is 2.61 bits per heavy atom. The van der Waals surface area contributed by atoms with Crippen LogP contribution in [-0.4, -0.2) is 17.4 Å². The molecule has 1 rings (SSSR count). The first-order valence-electron chi connectivity index (χ1n) is 6.53. The lowest BCUT2D eigenvalue weighted by Crippen LogP contribution is -2.22. The lowest BCUT2D eigenvalue weighted by molar-refractivity contribution is -0.121. The van der Waals surface area contributed by atoms with Crippen LogP contribution in [0.3, 0.4) is 0 Å². The summed E-state index contributed by atoms with van der Waals surface area (Å²) in [5.74, 6) is 0.133. The standard InChI is InChI=1S/C13H23N3OS/c1-10-12(18-11(2)16-10)9-15-13(17)7-5-3-4-6-8-14/h3-9,14H2,1-2H3,(H,15,17). The summed E-state index contributed by atoms with van der Waals surface area (Å²) in [5.41, 5.74) is 6.44. The zero-order valence-corrected chi connectivity index (χ0v) is 12.1. The fourth-order valence-electron chi connectivity index (χ4n) is 1.79. The summed E-state index contributed by atoms with van der Waals surface area (Å²) in [6, 6.07) is 0. The van der Waals surface area contributed by atoms with Gasteiger partial charge in [-0.3, -0.25) is 4.79 Å². The van der Waals surface area contributed by atoms with Crippen LogP contribution < -0.4 is 11.1 Å². The predicted octanol–water partition coefficient (Wildman–Crippen LogP) is 2.29. The van der Waals surface area contributed by atoms with Gasteiger partial charge in [0.2, 0.25) is 5.91 Å². The van der Waals surface area contributed by atoms with Crippen molar-refractivity contribution in [3.05, 3.63) is 15.6 Å². The van der Waals surface area contributed by atoms with Crippen LogP contribution in [0.1, 0.15) is 47.7 Å². The monoisotopic (exact) mass is 269 g/mol. The first kappa shape index (κ1) is 15.1. The predicted molar refractivity (Wildman–Crippen MR) is 75.6 cm³/mol. The highest BCUT2D eigenvalue weighted by molar-refractivity contribution is 7.11. The van der Waals surface area contributed by atoms with E-state index in [2.05, 4.69) is 10.3 Å². The van der Waals surface area contributed by atoms with Gasteiger partial charge < -0.3 is 11.1 Å². The topological polar surface area (TPSA) is 68.0 Å². The van der Waals surface area contributed by atoms with Gasteiger partial charge in [0.25, 0.3) is 0 Å². The maximum atomic E-state index is 11.6. The third-order valence-electron chi connectivity index (χ3n) is 2.80. The number of carbonyl (C=O) groups is 1. The largest absolute Gasteiger partial charge is 0.351 e. The van der Waals surface area contributed by atoms with Gasteiger partial charge in [-0.25, -0.2) is 4.98 Å². The molecule has 1 aromatic heterocycles. The van der Waals surface area contributed by atoms with Crippen molar-refractivity contribution in [3.8, 4) is 0 Å². The van der Waals surface area contributed by atoms with Crippen LogP contribution in [0, 0.1) is 13.8 Å². The third-order valence-corrected chi connectivity index (χ3v) is 3.88. The molecule has 102 valence electrons. The fraction of sp³-hybridized carbons (Fsp3) is 0.692. The van der Waals surface area contributed by atoms with E-state index in [0.29, 0.717) is 13.0 Å². The van der Waals surface area contributed by atoms with Gasteiger partial charge in [0.1, 0.15) is 0 Å². The highest BCUT2D eigenvalue weighted by Gasteiger charge is 2.06. The van der Waals surface area contributed by atoms with Gasteiger partial charge in [-0.2, -0.15) is 0 Å². The molecule has 18 heavy (non-hydrogen) atoms. The maximum Gasteiger partial charge on any atom is 0.220 e. The second kappa shape index (κ2) is 8.21. The van der Waals surface area contributed by atoms with Crippen molar-refractivity contribution in [2.45, 2.75) is 52.5 Å². The molecule has 0 unspecified atom stereocenters. The van der Waals surface area contributed by atoms with Gasteiger partial charge in [0.05, 0.1) is 17.2 Å². The van der Waals surface area contributed by atoms with Crippen LogP contribution in [0.4, 0.5) is 0 Å². The molecule has 0 radical (unpaired) electrons. The van der Waals surface area contributed by atoms with Crippen molar-refractivity contribution in [2.24, 2.45) is 5.73 Å². The maximum absolute atomic E-state index is 11.6. The Morgan fingerprint density at radius 2 is 2.00 bits per heavy atom. The number of unbranched alkanes of at least 4 members (excludes halogenated alkanes) is 3. The third kappa shape index (κ3) is 5.60. The Morgan fingerprint density at radius 1 is 1.28 bits per heavy atom. The van der Waals surface area contributed by atoms with Gasteiger partial charge in [-0.05, 0) is 33.2 Å². The number of hydrogen-bond donors (Lipinski definition) is 2. The van der Waals surface area contributed by atoms with E-state index in [1.807, 2.05) is 13.8 Å². The van der Waals surface area contributed by atoms with E-state index < -0.39 is 0 Å². The van der Waals surface area contributed by atoms with E-state index in [0.717, 1.165) is 47.8 Å². The summed E-state index contributed by atoms with van der Waals surface area (Å²) in [7, 11) is 0. The minimum absolute atomic E-state index is 0.133.